The van der Waals surface area contributed by atoms with Crippen LogP contribution in [0.2, 0.25) is 0 Å². The van der Waals surface area contributed by atoms with Crippen molar-refractivity contribution in [2.45, 2.75) is 20.3 Å². The van der Waals surface area contributed by atoms with Gasteiger partial charge in [0, 0.05) is 23.7 Å². The van der Waals surface area contributed by atoms with E-state index in [1.165, 1.54) is 60.2 Å². The summed E-state index contributed by atoms with van der Waals surface area (Å²) < 4.78 is 0. The van der Waals surface area contributed by atoms with E-state index < -0.39 is 0 Å². The van der Waals surface area contributed by atoms with Gasteiger partial charge in [-0.2, -0.15) is 0 Å². The lowest BCUT2D eigenvalue weighted by atomic mass is 9.68. The zero-order valence-electron chi connectivity index (χ0n) is 25.5. The number of benzene rings is 4. The molecule has 4 aliphatic rings. The molecule has 0 spiro atoms. The van der Waals surface area contributed by atoms with E-state index in [4.69, 9.17) is 0 Å². The molecule has 214 valence electrons. The van der Waals surface area contributed by atoms with Crippen molar-refractivity contribution in [3.05, 3.63) is 184 Å². The Hall–Kier alpha value is -4.68. The normalized spacial score (nSPS) is 23.3. The fraction of sp³-hybridized carbons (Fsp3) is 0.182. The summed E-state index contributed by atoms with van der Waals surface area (Å²) in [7, 11) is 0. The highest BCUT2D eigenvalue weighted by molar-refractivity contribution is 5.89. The van der Waals surface area contributed by atoms with Crippen molar-refractivity contribution in [2.75, 3.05) is 0 Å². The molecule has 44 heavy (non-hydrogen) atoms. The molecule has 4 aromatic carbocycles. The van der Waals surface area contributed by atoms with Gasteiger partial charge in [0.05, 0.1) is 0 Å². The molecule has 0 radical (unpaired) electrons. The van der Waals surface area contributed by atoms with Gasteiger partial charge >= 0.3 is 0 Å². The first-order valence-electron chi connectivity index (χ1n) is 16.2. The molecular weight excluding hydrogens is 528 g/mol. The van der Waals surface area contributed by atoms with Crippen molar-refractivity contribution in [1.29, 1.82) is 0 Å². The number of hydrogen-bond donors (Lipinski definition) is 0. The van der Waals surface area contributed by atoms with E-state index in [-0.39, 0.29) is 11.8 Å². The summed E-state index contributed by atoms with van der Waals surface area (Å²) in [6.45, 7) is 4.64. The van der Waals surface area contributed by atoms with E-state index in [2.05, 4.69) is 166 Å². The minimum atomic E-state index is 0.281. The fourth-order valence-electron chi connectivity index (χ4n) is 7.76. The summed E-state index contributed by atoms with van der Waals surface area (Å²) in [6, 6.07) is 34.2. The molecule has 0 saturated carbocycles. The average molecular weight is 567 g/mol. The van der Waals surface area contributed by atoms with Crippen molar-refractivity contribution < 1.29 is 0 Å². The Morgan fingerprint density at radius 2 is 1.20 bits per heavy atom. The highest BCUT2D eigenvalue weighted by Gasteiger charge is 2.33. The molecule has 0 heteroatoms. The standard InChI is InChI=1S/C44H38/c1-29(2)25-30-15-24-41-42(26-30)43(34-20-16-33(17-21-34)37-22-18-31-9-3-5-11-35(31)27-37)39-13-7-8-14-40(39)44(41)38-23-19-32-10-4-6-12-36(32)28-38/h3-24,26-29,31,35,41-42H,25H2,1-2H3. The zero-order valence-corrected chi connectivity index (χ0v) is 25.5. The van der Waals surface area contributed by atoms with E-state index in [1.807, 2.05) is 0 Å². The van der Waals surface area contributed by atoms with Crippen LogP contribution < -0.4 is 10.4 Å². The minimum Gasteiger partial charge on any atom is -0.0767 e. The number of rotatable bonds is 5. The molecule has 0 saturated heterocycles. The maximum Gasteiger partial charge on any atom is 0.0140 e. The lowest BCUT2D eigenvalue weighted by Gasteiger charge is -2.35. The molecule has 0 aliphatic heterocycles. The summed E-state index contributed by atoms with van der Waals surface area (Å²) in [5, 5.41) is 5.30. The van der Waals surface area contributed by atoms with Crippen LogP contribution in [0.3, 0.4) is 0 Å². The van der Waals surface area contributed by atoms with Crippen LogP contribution in [-0.2, 0) is 0 Å². The summed E-state index contributed by atoms with van der Waals surface area (Å²) in [4.78, 5) is 0. The molecular formula is C44H38. The van der Waals surface area contributed by atoms with Crippen LogP contribution in [0.4, 0.5) is 0 Å². The SMILES string of the molecule is CC(C)CC1=CC2C(c3ccc(C4=CC5C=CC=CC5C=C4)cc3)=c3ccccc3=C(c3ccc4ccccc4c3)C2C=C1. The van der Waals surface area contributed by atoms with Gasteiger partial charge in [-0.3, -0.25) is 0 Å². The van der Waals surface area contributed by atoms with Gasteiger partial charge < -0.3 is 0 Å². The lowest BCUT2D eigenvalue weighted by Crippen LogP contribution is -2.40. The smallest absolute Gasteiger partial charge is 0.0140 e. The van der Waals surface area contributed by atoms with Gasteiger partial charge in [0.25, 0.3) is 0 Å². The van der Waals surface area contributed by atoms with Gasteiger partial charge in [-0.15, -0.1) is 0 Å². The lowest BCUT2D eigenvalue weighted by molar-refractivity contribution is 0.623. The molecule has 0 nitrogen and oxygen atoms in total. The first-order chi connectivity index (χ1) is 21.6. The van der Waals surface area contributed by atoms with Gasteiger partial charge in [0.1, 0.15) is 0 Å². The van der Waals surface area contributed by atoms with Gasteiger partial charge in [0.2, 0.25) is 0 Å². The number of hydrogen-bond acceptors (Lipinski definition) is 0. The van der Waals surface area contributed by atoms with Crippen molar-refractivity contribution in [3.8, 4) is 0 Å². The van der Waals surface area contributed by atoms with Crippen LogP contribution in [0, 0.1) is 29.6 Å². The van der Waals surface area contributed by atoms with Crippen molar-refractivity contribution >= 4 is 27.5 Å². The third-order valence-electron chi connectivity index (χ3n) is 9.80. The molecule has 4 aliphatic carbocycles. The first kappa shape index (κ1) is 26.9. The van der Waals surface area contributed by atoms with Crippen LogP contribution in [0.25, 0.3) is 27.5 Å². The van der Waals surface area contributed by atoms with Crippen molar-refractivity contribution in [2.24, 2.45) is 29.6 Å². The molecule has 4 unspecified atom stereocenters. The second kappa shape index (κ2) is 11.1. The highest BCUT2D eigenvalue weighted by Crippen LogP contribution is 2.43. The predicted molar refractivity (Wildman–Crippen MR) is 187 cm³/mol. The molecule has 8 rings (SSSR count). The number of allylic oxidation sites excluding steroid dienone is 12. The third kappa shape index (κ3) is 4.80. The summed E-state index contributed by atoms with van der Waals surface area (Å²) >= 11 is 0. The summed E-state index contributed by atoms with van der Waals surface area (Å²) in [6.07, 6.45) is 24.6. The Labute approximate surface area is 261 Å². The molecule has 4 atom stereocenters. The maximum absolute atomic E-state index is 2.58. The van der Waals surface area contributed by atoms with E-state index >= 15 is 0 Å². The fourth-order valence-corrected chi connectivity index (χ4v) is 7.76. The van der Waals surface area contributed by atoms with Crippen LogP contribution in [0.15, 0.2) is 157 Å². The van der Waals surface area contributed by atoms with Gasteiger partial charge in [-0.05, 0) is 73.0 Å². The molecule has 0 fully saturated rings. The molecule has 4 aromatic rings. The Morgan fingerprint density at radius 1 is 0.545 bits per heavy atom. The van der Waals surface area contributed by atoms with Crippen molar-refractivity contribution in [1.82, 2.24) is 0 Å². The van der Waals surface area contributed by atoms with Crippen LogP contribution in [0.1, 0.15) is 37.0 Å². The topological polar surface area (TPSA) is 0 Å². The molecule has 0 heterocycles. The van der Waals surface area contributed by atoms with E-state index in [0.717, 1.165) is 6.42 Å². The molecule has 0 amide bonds. The molecule has 0 bridgehead atoms. The van der Waals surface area contributed by atoms with E-state index in [9.17, 15) is 0 Å². The van der Waals surface area contributed by atoms with Crippen LogP contribution in [0.5, 0.6) is 0 Å². The minimum absolute atomic E-state index is 0.281. The zero-order chi connectivity index (χ0) is 29.6. The van der Waals surface area contributed by atoms with Crippen molar-refractivity contribution in [3.63, 3.8) is 0 Å². The highest BCUT2D eigenvalue weighted by atomic mass is 14.4. The monoisotopic (exact) mass is 566 g/mol. The Kier molecular flexibility index (Phi) is 6.79. The Balaban J connectivity index is 1.30. The Bertz CT molecular complexity index is 2070. The van der Waals surface area contributed by atoms with E-state index in [1.54, 1.807) is 0 Å². The summed E-state index contributed by atoms with van der Waals surface area (Å²) in [5.74, 6) is 2.11. The summed E-state index contributed by atoms with van der Waals surface area (Å²) in [5.41, 5.74) is 9.59. The predicted octanol–water partition coefficient (Wildman–Crippen LogP) is 9.34. The van der Waals surface area contributed by atoms with Gasteiger partial charge in [0.15, 0.2) is 0 Å². The van der Waals surface area contributed by atoms with E-state index in [0.29, 0.717) is 17.8 Å². The Morgan fingerprint density at radius 3 is 1.98 bits per heavy atom. The largest absolute Gasteiger partial charge is 0.0767 e. The average Bonchev–Trinajstić information content (AvgIpc) is 3.06. The number of fused-ring (bicyclic) bond motifs is 4. The second-order valence-corrected chi connectivity index (χ2v) is 13.2. The maximum atomic E-state index is 2.58. The van der Waals surface area contributed by atoms with Crippen LogP contribution >= 0.6 is 0 Å². The van der Waals surface area contributed by atoms with Gasteiger partial charge in [-0.1, -0.05) is 165 Å². The van der Waals surface area contributed by atoms with Crippen LogP contribution in [-0.4, -0.2) is 0 Å². The first-order valence-corrected chi connectivity index (χ1v) is 16.2. The molecule has 0 N–H and O–H groups in total. The molecule has 0 aromatic heterocycles. The quantitative estimate of drug-likeness (QED) is 0.226. The van der Waals surface area contributed by atoms with Gasteiger partial charge in [-0.25, -0.2) is 0 Å². The second-order valence-electron chi connectivity index (χ2n) is 13.2. The third-order valence-corrected chi connectivity index (χ3v) is 9.80.